The van der Waals surface area contributed by atoms with Gasteiger partial charge in [-0.2, -0.15) is 21.0 Å². The van der Waals surface area contributed by atoms with Crippen molar-refractivity contribution in [1.82, 2.24) is 41.2 Å². The van der Waals surface area contributed by atoms with Crippen LogP contribution in [0, 0.1) is 92.3 Å². The van der Waals surface area contributed by atoms with Crippen LogP contribution in [0.3, 0.4) is 0 Å². The predicted octanol–water partition coefficient (Wildman–Crippen LogP) is 22.9. The topological polar surface area (TPSA) is 263 Å². The molecule has 4 heterocycles. The van der Waals surface area contributed by atoms with Gasteiger partial charge in [-0.25, -0.2) is 17.6 Å². The summed E-state index contributed by atoms with van der Waals surface area (Å²) in [5.74, 6) is 1.96. The maximum atomic E-state index is 13.8. The minimum Gasteiger partial charge on any atom is -0.349 e. The minimum atomic E-state index is -0.230. The van der Waals surface area contributed by atoms with Crippen molar-refractivity contribution < 1.29 is 36.7 Å². The Labute approximate surface area is 723 Å². The van der Waals surface area contributed by atoms with E-state index in [9.17, 15) is 36.7 Å². The van der Waals surface area contributed by atoms with Gasteiger partial charge in [0.05, 0.1) is 68.6 Å². The Morgan fingerprint density at radius 2 is 0.476 bits per heavy atom. The SMILES string of the molecule is CC[C@@H](NC(=O)c1ccc(C#N)cc1)[C@H]1CC[C@@H](c2ccnc3ccc(F)cc32)CC1.CC[C@@H](NC(=O)c1ccc(C#N)cc1)[C@H]1CC[C@H](c2ccnc3ccc(F)cc32)CC1.CC[C@H](NC(=O)c1ccc(C#N)cc1)[C@H]1CC[C@@H](c2ccnc3ccc(F)cc32)CC1.CC[C@H](NC(=O)c1ccc(C#N)cc1)[C@H]1CC[C@H](c2ccnc3ccc(F)cc32)CC1. The second kappa shape index (κ2) is 42.6. The minimum absolute atomic E-state index is 0.0888. The van der Waals surface area contributed by atoms with E-state index in [4.69, 9.17) is 21.0 Å². The number of carbonyl (C=O) groups excluding carboxylic acids is 4. The van der Waals surface area contributed by atoms with Crippen molar-refractivity contribution >= 4 is 67.2 Å². The third kappa shape index (κ3) is 22.2. The zero-order valence-corrected chi connectivity index (χ0v) is 70.6. The number of benzene rings is 8. The standard InChI is InChI=1S/4C26H26FN3O/c4*1-2-24(30-26(31)20-5-3-17(16-28)4-6-20)19-9-7-18(8-10-19)22-13-14-29-25-12-11-21(27)15-23(22)25/h4*3-6,11-15,18-19,24H,2,7-10H2,1H3,(H,30,31)/t2*18-,19+,24-;2*18-,19-,24-/m1010/s1. The Balaban J connectivity index is 0.000000142. The summed E-state index contributed by atoms with van der Waals surface area (Å²) in [6.07, 6.45) is 27.1. The van der Waals surface area contributed by atoms with Crippen LogP contribution in [0.4, 0.5) is 17.6 Å². The van der Waals surface area contributed by atoms with Crippen LogP contribution >= 0.6 is 0 Å². The van der Waals surface area contributed by atoms with E-state index in [2.05, 4.69) is 93.2 Å². The summed E-state index contributed by atoms with van der Waals surface area (Å²) in [5.41, 5.74) is 12.6. The molecule has 4 fully saturated rings. The number of nitrogens with zero attached hydrogens (tertiary/aromatic N) is 8. The average Bonchev–Trinajstić information content (AvgIpc) is 0.805. The van der Waals surface area contributed by atoms with E-state index in [1.54, 1.807) is 146 Å². The number of fused-ring (bicyclic) bond motifs is 4. The number of hydrogen-bond donors (Lipinski definition) is 4. The lowest BCUT2D eigenvalue weighted by Gasteiger charge is -2.34. The first-order valence-corrected chi connectivity index (χ1v) is 43.8. The van der Waals surface area contributed by atoms with E-state index in [-0.39, 0.29) is 71.1 Å². The van der Waals surface area contributed by atoms with Crippen LogP contribution in [0.25, 0.3) is 43.6 Å². The van der Waals surface area contributed by atoms with Crippen molar-refractivity contribution in [3.63, 3.8) is 0 Å². The number of carbonyl (C=O) groups is 4. The Kier molecular flexibility index (Phi) is 30.5. The number of halogens is 4. The van der Waals surface area contributed by atoms with E-state index < -0.39 is 0 Å². The van der Waals surface area contributed by atoms with Crippen molar-refractivity contribution in [3.05, 3.63) is 309 Å². The molecule has 0 bridgehead atoms. The van der Waals surface area contributed by atoms with Gasteiger partial charge in [-0.3, -0.25) is 39.1 Å². The summed E-state index contributed by atoms with van der Waals surface area (Å²) in [4.78, 5) is 68.2. The van der Waals surface area contributed by atoms with Gasteiger partial charge in [0.25, 0.3) is 23.6 Å². The number of amides is 4. The molecule has 0 saturated heterocycles. The fourth-order valence-corrected chi connectivity index (χ4v) is 19.3. The molecule has 0 radical (unpaired) electrons. The Hall–Kier alpha value is -13.0. The largest absolute Gasteiger partial charge is 0.349 e. The Morgan fingerprint density at radius 1 is 0.290 bits per heavy atom. The molecule has 0 aliphatic heterocycles. The number of rotatable bonds is 20. The van der Waals surface area contributed by atoms with E-state index >= 15 is 0 Å². The zero-order chi connectivity index (χ0) is 87.2. The van der Waals surface area contributed by atoms with Gasteiger partial charge in [-0.1, -0.05) is 27.7 Å². The lowest BCUT2D eigenvalue weighted by Crippen LogP contribution is -2.41. The van der Waals surface area contributed by atoms with Crippen LogP contribution in [0.2, 0.25) is 0 Å². The Bertz CT molecular complexity index is 5170. The lowest BCUT2D eigenvalue weighted by molar-refractivity contribution is 0.0901. The predicted molar refractivity (Wildman–Crippen MR) is 476 cm³/mol. The highest BCUT2D eigenvalue weighted by molar-refractivity contribution is 5.97. The molecule has 20 heteroatoms. The summed E-state index contributed by atoms with van der Waals surface area (Å²) < 4.78 is 55.3. The molecule has 16 nitrogen and oxygen atoms in total. The number of pyridine rings is 4. The monoisotopic (exact) mass is 1660 g/mol. The fourth-order valence-electron chi connectivity index (χ4n) is 19.3. The molecular weight excluding hydrogens is 1560 g/mol. The molecule has 12 aromatic rings. The summed E-state index contributed by atoms with van der Waals surface area (Å²) >= 11 is 0. The summed E-state index contributed by atoms with van der Waals surface area (Å²) in [5, 5.41) is 52.1. The van der Waals surface area contributed by atoms with Crippen LogP contribution in [0.1, 0.15) is 266 Å². The first kappa shape index (κ1) is 88.7. The summed E-state index contributed by atoms with van der Waals surface area (Å²) in [6, 6.07) is 63.0. The van der Waals surface area contributed by atoms with Gasteiger partial charge < -0.3 is 21.3 Å². The third-order valence-corrected chi connectivity index (χ3v) is 26.2. The molecule has 0 unspecified atom stereocenters. The highest BCUT2D eigenvalue weighted by Crippen LogP contribution is 2.45. The number of nitriles is 4. The van der Waals surface area contributed by atoms with Crippen molar-refractivity contribution in [1.29, 1.82) is 21.0 Å². The second-order valence-electron chi connectivity index (χ2n) is 33.4. The van der Waals surface area contributed by atoms with Gasteiger partial charge in [0.2, 0.25) is 0 Å². The molecule has 4 N–H and O–H groups in total. The number of hydrogen-bond acceptors (Lipinski definition) is 12. The highest BCUT2D eigenvalue weighted by Gasteiger charge is 2.35. The van der Waals surface area contributed by atoms with Crippen molar-refractivity contribution in [3.8, 4) is 24.3 Å². The van der Waals surface area contributed by atoms with E-state index in [1.165, 1.54) is 46.5 Å². The summed E-state index contributed by atoms with van der Waals surface area (Å²) in [7, 11) is 0. The Morgan fingerprint density at radius 3 is 0.645 bits per heavy atom. The van der Waals surface area contributed by atoms with E-state index in [0.29, 0.717) is 91.9 Å². The van der Waals surface area contributed by atoms with E-state index in [1.807, 2.05) is 49.1 Å². The smallest absolute Gasteiger partial charge is 0.251 e. The van der Waals surface area contributed by atoms with Crippen molar-refractivity contribution in [2.45, 2.75) is 204 Å². The van der Waals surface area contributed by atoms with E-state index in [0.717, 1.165) is 172 Å². The average molecular weight is 1660 g/mol. The molecule has 4 saturated carbocycles. The zero-order valence-electron chi connectivity index (χ0n) is 70.6. The quantitative estimate of drug-likeness (QED) is 0.0519. The molecule has 4 amide bonds. The first-order chi connectivity index (χ1) is 60.3. The molecular formula is C104H104F4N12O4. The van der Waals surface area contributed by atoms with Gasteiger partial charge in [0.1, 0.15) is 23.3 Å². The van der Waals surface area contributed by atoms with Crippen molar-refractivity contribution in [2.75, 3.05) is 0 Å². The highest BCUT2D eigenvalue weighted by atomic mass is 19.1. The number of aromatic nitrogens is 4. The van der Waals surface area contributed by atoms with Gasteiger partial charge in [0.15, 0.2) is 0 Å². The molecule has 4 aromatic heterocycles. The van der Waals surface area contributed by atoms with Crippen LogP contribution in [0.5, 0.6) is 0 Å². The summed E-state index contributed by atoms with van der Waals surface area (Å²) in [6.45, 7) is 8.42. The third-order valence-electron chi connectivity index (χ3n) is 26.2. The van der Waals surface area contributed by atoms with Crippen LogP contribution < -0.4 is 21.3 Å². The maximum absolute atomic E-state index is 13.8. The van der Waals surface area contributed by atoms with Crippen molar-refractivity contribution in [2.24, 2.45) is 23.7 Å². The molecule has 4 aliphatic rings. The molecule has 4 aliphatic carbocycles. The van der Waals surface area contributed by atoms with Crippen LogP contribution in [-0.2, 0) is 0 Å². The second-order valence-corrected chi connectivity index (χ2v) is 33.4. The van der Waals surface area contributed by atoms with Gasteiger partial charge in [0, 0.05) is 92.8 Å². The normalized spacial score (nSPS) is 19.5. The maximum Gasteiger partial charge on any atom is 0.251 e. The molecule has 0 spiro atoms. The van der Waals surface area contributed by atoms with Gasteiger partial charge in [-0.05, 0) is 392 Å². The van der Waals surface area contributed by atoms with Gasteiger partial charge in [-0.15, -0.1) is 0 Å². The molecule has 632 valence electrons. The van der Waals surface area contributed by atoms with Gasteiger partial charge >= 0.3 is 0 Å². The van der Waals surface area contributed by atoms with Crippen LogP contribution in [0.15, 0.2) is 219 Å². The lowest BCUT2D eigenvalue weighted by atomic mass is 9.75. The number of nitrogens with one attached hydrogen (secondary N) is 4. The first-order valence-electron chi connectivity index (χ1n) is 43.8. The van der Waals surface area contributed by atoms with Crippen LogP contribution in [-0.4, -0.2) is 67.7 Å². The fraction of sp³-hybridized carbons (Fsp3) is 0.346. The molecule has 4 atom stereocenters. The molecule has 8 aromatic carbocycles. The molecule has 124 heavy (non-hydrogen) atoms. The molecule has 16 rings (SSSR count).